The fourth-order valence-corrected chi connectivity index (χ4v) is 4.06. The zero-order valence-corrected chi connectivity index (χ0v) is 17.2. The number of amides is 3. The highest BCUT2D eigenvalue weighted by atomic mass is 16.6. The van der Waals surface area contributed by atoms with Crippen molar-refractivity contribution in [3.05, 3.63) is 64.7 Å². The molecule has 0 aliphatic carbocycles. The normalized spacial score (nSPS) is 18.3. The molecule has 2 heterocycles. The van der Waals surface area contributed by atoms with E-state index in [0.29, 0.717) is 29.7 Å². The fraction of sp³-hybridized carbons (Fsp3) is 0.348. The largest absolute Gasteiger partial charge is 0.508 e. The van der Waals surface area contributed by atoms with Crippen LogP contribution < -0.4 is 0 Å². The first-order valence-electron chi connectivity index (χ1n) is 9.93. The number of aromatic hydroxyl groups is 1. The highest BCUT2D eigenvalue weighted by Crippen LogP contribution is 2.38. The fourth-order valence-electron chi connectivity index (χ4n) is 4.06. The van der Waals surface area contributed by atoms with E-state index in [9.17, 15) is 19.5 Å². The molecular formula is C23H24N2O5. The molecule has 2 aliphatic rings. The van der Waals surface area contributed by atoms with Gasteiger partial charge in [0.2, 0.25) is 0 Å². The van der Waals surface area contributed by atoms with Gasteiger partial charge < -0.3 is 9.84 Å². The van der Waals surface area contributed by atoms with Crippen LogP contribution in [0.3, 0.4) is 0 Å². The number of hydrogen-bond donors (Lipinski definition) is 1. The van der Waals surface area contributed by atoms with Crippen LogP contribution in [-0.4, -0.2) is 51.5 Å². The predicted octanol–water partition coefficient (Wildman–Crippen LogP) is 3.52. The number of fused-ring (bicyclic) bond motifs is 2. The molecule has 2 aromatic carbocycles. The Bertz CT molecular complexity index is 1010. The highest BCUT2D eigenvalue weighted by Gasteiger charge is 2.42. The molecule has 2 aliphatic heterocycles. The summed E-state index contributed by atoms with van der Waals surface area (Å²) in [6.07, 6.45) is -0.000259. The van der Waals surface area contributed by atoms with Gasteiger partial charge in [0, 0.05) is 12.1 Å². The number of hydrogen-bond acceptors (Lipinski definition) is 5. The molecule has 0 radical (unpaired) electrons. The summed E-state index contributed by atoms with van der Waals surface area (Å²) >= 11 is 0. The van der Waals surface area contributed by atoms with E-state index in [1.54, 1.807) is 57.2 Å². The van der Waals surface area contributed by atoms with Gasteiger partial charge in [-0.3, -0.25) is 19.4 Å². The molecule has 3 amide bonds. The van der Waals surface area contributed by atoms with Gasteiger partial charge in [-0.15, -0.1) is 0 Å². The Labute approximate surface area is 174 Å². The van der Waals surface area contributed by atoms with Crippen molar-refractivity contribution in [2.24, 2.45) is 0 Å². The number of imide groups is 1. The molecular weight excluding hydrogens is 384 g/mol. The Balaban J connectivity index is 1.72. The van der Waals surface area contributed by atoms with Crippen molar-refractivity contribution in [3.63, 3.8) is 0 Å². The van der Waals surface area contributed by atoms with Crippen LogP contribution in [0.4, 0.5) is 4.79 Å². The first-order valence-corrected chi connectivity index (χ1v) is 9.93. The Morgan fingerprint density at radius 3 is 2.30 bits per heavy atom. The number of rotatable bonds is 2. The average molecular weight is 408 g/mol. The summed E-state index contributed by atoms with van der Waals surface area (Å²) in [6, 6.07) is 11.1. The van der Waals surface area contributed by atoms with Gasteiger partial charge in [0.05, 0.1) is 23.7 Å². The summed E-state index contributed by atoms with van der Waals surface area (Å²) in [5.41, 5.74) is 1.43. The number of benzene rings is 2. The monoisotopic (exact) mass is 408 g/mol. The molecule has 0 bridgehead atoms. The zero-order chi connectivity index (χ0) is 21.6. The molecule has 7 heteroatoms. The topological polar surface area (TPSA) is 87.2 Å². The number of phenolic OH excluding ortho intramolecular Hbond substituents is 1. The van der Waals surface area contributed by atoms with Gasteiger partial charge in [0.1, 0.15) is 11.4 Å². The summed E-state index contributed by atoms with van der Waals surface area (Å²) in [5, 5.41) is 10.6. The van der Waals surface area contributed by atoms with E-state index < -0.39 is 29.6 Å². The van der Waals surface area contributed by atoms with Gasteiger partial charge in [-0.2, -0.15) is 0 Å². The molecule has 0 aromatic heterocycles. The number of nitrogens with zero attached hydrogens (tertiary/aromatic N) is 2. The number of phenols is 1. The van der Waals surface area contributed by atoms with Crippen molar-refractivity contribution >= 4 is 17.9 Å². The van der Waals surface area contributed by atoms with Crippen LogP contribution in [0.2, 0.25) is 0 Å². The maximum Gasteiger partial charge on any atom is 0.410 e. The molecule has 1 N–H and O–H groups in total. The van der Waals surface area contributed by atoms with Crippen LogP contribution in [0, 0.1) is 0 Å². The van der Waals surface area contributed by atoms with Crippen LogP contribution in [0.15, 0.2) is 42.5 Å². The molecule has 0 saturated heterocycles. The third-order valence-corrected chi connectivity index (χ3v) is 5.37. The third kappa shape index (κ3) is 3.40. The molecule has 156 valence electrons. The summed E-state index contributed by atoms with van der Waals surface area (Å²) in [4.78, 5) is 41.4. The quantitative estimate of drug-likeness (QED) is 0.769. The standard InChI is InChI=1S/C23H24N2O5/c1-23(2,3)30-22(29)24-12-11-14-7-6-10-18(26)19(14)17(24)13-25-20(27)15-8-4-5-9-16(15)21(25)28/h4-10,17,26H,11-13H2,1-3H3. The van der Waals surface area contributed by atoms with Gasteiger partial charge in [0.15, 0.2) is 0 Å². The second kappa shape index (κ2) is 7.16. The first-order chi connectivity index (χ1) is 14.2. The zero-order valence-electron chi connectivity index (χ0n) is 17.2. The Morgan fingerprint density at radius 1 is 1.07 bits per heavy atom. The van der Waals surface area contributed by atoms with Crippen molar-refractivity contribution in [3.8, 4) is 5.75 Å². The molecule has 0 spiro atoms. The van der Waals surface area contributed by atoms with Crippen LogP contribution in [0.1, 0.15) is 58.7 Å². The SMILES string of the molecule is CC(C)(C)OC(=O)N1CCc2cccc(O)c2C1CN1C(=O)c2ccccc2C1=O. The molecule has 0 saturated carbocycles. The lowest BCUT2D eigenvalue weighted by Crippen LogP contribution is -2.48. The minimum Gasteiger partial charge on any atom is -0.508 e. The summed E-state index contributed by atoms with van der Waals surface area (Å²) in [6.45, 7) is 5.63. The lowest BCUT2D eigenvalue weighted by Gasteiger charge is -2.39. The third-order valence-electron chi connectivity index (χ3n) is 5.37. The van der Waals surface area contributed by atoms with E-state index in [2.05, 4.69) is 0 Å². The van der Waals surface area contributed by atoms with Gasteiger partial charge >= 0.3 is 6.09 Å². The average Bonchev–Trinajstić information content (AvgIpc) is 2.92. The van der Waals surface area contributed by atoms with Crippen molar-refractivity contribution in [2.75, 3.05) is 13.1 Å². The Kier molecular flexibility index (Phi) is 4.76. The maximum absolute atomic E-state index is 12.9. The lowest BCUT2D eigenvalue weighted by molar-refractivity contribution is 0.00962. The minimum absolute atomic E-state index is 0.0300. The van der Waals surface area contributed by atoms with Crippen molar-refractivity contribution in [1.82, 2.24) is 9.80 Å². The lowest BCUT2D eigenvalue weighted by atomic mass is 9.91. The predicted molar refractivity (Wildman–Crippen MR) is 109 cm³/mol. The van der Waals surface area contributed by atoms with Crippen LogP contribution in [0.5, 0.6) is 5.75 Å². The smallest absolute Gasteiger partial charge is 0.410 e. The molecule has 1 atom stereocenters. The van der Waals surface area contributed by atoms with Crippen LogP contribution in [-0.2, 0) is 11.2 Å². The summed E-state index contributed by atoms with van der Waals surface area (Å²) < 4.78 is 5.56. The van der Waals surface area contributed by atoms with Crippen molar-refractivity contribution < 1.29 is 24.2 Å². The summed E-state index contributed by atoms with van der Waals surface area (Å²) in [5.74, 6) is -0.771. The van der Waals surface area contributed by atoms with E-state index >= 15 is 0 Å². The van der Waals surface area contributed by atoms with E-state index in [-0.39, 0.29) is 12.3 Å². The molecule has 30 heavy (non-hydrogen) atoms. The van der Waals surface area contributed by atoms with Crippen LogP contribution in [0.25, 0.3) is 0 Å². The van der Waals surface area contributed by atoms with Gasteiger partial charge in [-0.05, 0) is 51.0 Å². The molecule has 7 nitrogen and oxygen atoms in total. The Morgan fingerprint density at radius 2 is 1.70 bits per heavy atom. The highest BCUT2D eigenvalue weighted by molar-refractivity contribution is 6.21. The molecule has 2 aromatic rings. The van der Waals surface area contributed by atoms with Gasteiger partial charge in [-0.25, -0.2) is 4.79 Å². The summed E-state index contributed by atoms with van der Waals surface area (Å²) in [7, 11) is 0. The van der Waals surface area contributed by atoms with Crippen molar-refractivity contribution in [1.29, 1.82) is 0 Å². The van der Waals surface area contributed by atoms with Gasteiger partial charge in [0.25, 0.3) is 11.8 Å². The second-order valence-electron chi connectivity index (χ2n) is 8.56. The van der Waals surface area contributed by atoms with E-state index in [1.807, 2.05) is 6.07 Å². The molecule has 4 rings (SSSR count). The number of ether oxygens (including phenoxy) is 1. The van der Waals surface area contributed by atoms with E-state index in [0.717, 1.165) is 10.5 Å². The molecule has 0 fully saturated rings. The number of carbonyl (C=O) groups excluding carboxylic acids is 3. The minimum atomic E-state index is -0.702. The Hall–Kier alpha value is -3.35. The van der Waals surface area contributed by atoms with Crippen LogP contribution >= 0.6 is 0 Å². The van der Waals surface area contributed by atoms with Crippen molar-refractivity contribution in [2.45, 2.75) is 38.8 Å². The maximum atomic E-state index is 12.9. The molecule has 1 unspecified atom stereocenters. The van der Waals surface area contributed by atoms with E-state index in [4.69, 9.17) is 4.74 Å². The van der Waals surface area contributed by atoms with Gasteiger partial charge in [-0.1, -0.05) is 24.3 Å². The first kappa shape index (κ1) is 19.9. The van der Waals surface area contributed by atoms with E-state index in [1.165, 1.54) is 4.90 Å². The number of carbonyl (C=O) groups is 3. The second-order valence-corrected chi connectivity index (χ2v) is 8.56.